The number of fused-ring (bicyclic) bond motifs is 2. The number of benzene rings is 2. The van der Waals surface area contributed by atoms with Crippen LogP contribution in [0.4, 0.5) is 0 Å². The number of hydrogen-bond acceptors (Lipinski definition) is 3. The Kier molecular flexibility index (Phi) is 5.20. The molecule has 4 rings (SSSR count). The van der Waals surface area contributed by atoms with Gasteiger partial charge in [-0.25, -0.2) is 0 Å². The molecule has 1 aliphatic rings. The molecule has 0 aliphatic carbocycles. The summed E-state index contributed by atoms with van der Waals surface area (Å²) in [6.45, 7) is 5.13. The highest BCUT2D eigenvalue weighted by Crippen LogP contribution is 2.38. The van der Waals surface area contributed by atoms with Gasteiger partial charge in [-0.3, -0.25) is 4.98 Å². The number of halogens is 1. The molecule has 2 aromatic carbocycles. The lowest BCUT2D eigenvalue weighted by atomic mass is 9.90. The monoisotopic (exact) mass is 425 g/mol. The van der Waals surface area contributed by atoms with Gasteiger partial charge in [0.15, 0.2) is 0 Å². The molecule has 0 fully saturated rings. The predicted molar refractivity (Wildman–Crippen MR) is 114 cm³/mol. The first-order valence-electron chi connectivity index (χ1n) is 9.61. The van der Waals surface area contributed by atoms with Crippen LogP contribution in [0.2, 0.25) is 0 Å². The zero-order valence-electron chi connectivity index (χ0n) is 15.8. The van der Waals surface area contributed by atoms with Crippen molar-refractivity contribution in [1.29, 1.82) is 0 Å². The van der Waals surface area contributed by atoms with E-state index in [1.807, 2.05) is 0 Å². The number of aliphatic hydroxyl groups is 1. The van der Waals surface area contributed by atoms with Crippen molar-refractivity contribution in [3.05, 3.63) is 57.2 Å². The Hall–Kier alpha value is -1.91. The van der Waals surface area contributed by atoms with Gasteiger partial charge in [0.25, 0.3) is 0 Å². The van der Waals surface area contributed by atoms with E-state index in [9.17, 15) is 5.11 Å². The van der Waals surface area contributed by atoms with Gasteiger partial charge in [0.2, 0.25) is 0 Å². The maximum atomic E-state index is 9.68. The van der Waals surface area contributed by atoms with Crippen LogP contribution >= 0.6 is 15.9 Å². The summed E-state index contributed by atoms with van der Waals surface area (Å²) >= 11 is 3.68. The van der Waals surface area contributed by atoms with E-state index in [-0.39, 0.29) is 6.61 Å². The molecule has 140 valence electrons. The lowest BCUT2D eigenvalue weighted by Gasteiger charge is -2.21. The summed E-state index contributed by atoms with van der Waals surface area (Å²) in [6.07, 6.45) is 3.64. The molecule has 0 unspecified atom stereocenters. The number of rotatable bonds is 4. The van der Waals surface area contributed by atoms with Crippen molar-refractivity contribution in [3.63, 3.8) is 0 Å². The van der Waals surface area contributed by atoms with Gasteiger partial charge in [-0.1, -0.05) is 28.9 Å². The standard InChI is InChI=1S/C23H24BrNO2/c1-3-15-12-18(24)13-20-22(19(8-9-26)14(2)25-23(15)20)17-6-7-21-16(11-17)5-4-10-27-21/h6-7,11-13,26H,3-5,8-10H2,1-2H3. The first-order valence-corrected chi connectivity index (χ1v) is 10.4. The summed E-state index contributed by atoms with van der Waals surface area (Å²) in [5, 5.41) is 10.8. The molecule has 2 heterocycles. The molecule has 1 aliphatic heterocycles. The second kappa shape index (κ2) is 7.61. The third-order valence-electron chi connectivity index (χ3n) is 5.38. The molecule has 3 nitrogen and oxygen atoms in total. The summed E-state index contributed by atoms with van der Waals surface area (Å²) in [5.74, 6) is 0.999. The molecule has 1 aromatic heterocycles. The number of aromatic nitrogens is 1. The smallest absolute Gasteiger partial charge is 0.122 e. The van der Waals surface area contributed by atoms with E-state index in [0.717, 1.165) is 58.3 Å². The number of aliphatic hydroxyl groups excluding tert-OH is 1. The van der Waals surface area contributed by atoms with Crippen molar-refractivity contribution < 1.29 is 9.84 Å². The van der Waals surface area contributed by atoms with Crippen LogP contribution in [-0.2, 0) is 19.3 Å². The highest BCUT2D eigenvalue weighted by atomic mass is 79.9. The SMILES string of the molecule is CCc1cc(Br)cc2c(-c3ccc4c(c3)CCCO4)c(CCO)c(C)nc12. The van der Waals surface area contributed by atoms with Gasteiger partial charge in [0.05, 0.1) is 12.1 Å². The number of pyridine rings is 1. The third-order valence-corrected chi connectivity index (χ3v) is 5.84. The first-order chi connectivity index (χ1) is 13.1. The maximum absolute atomic E-state index is 9.68. The van der Waals surface area contributed by atoms with Crippen molar-refractivity contribution >= 4 is 26.8 Å². The first kappa shape index (κ1) is 18.5. The minimum absolute atomic E-state index is 0.115. The summed E-state index contributed by atoms with van der Waals surface area (Å²) in [4.78, 5) is 4.92. The van der Waals surface area contributed by atoms with E-state index < -0.39 is 0 Å². The van der Waals surface area contributed by atoms with Crippen LogP contribution in [0, 0.1) is 6.92 Å². The van der Waals surface area contributed by atoms with Crippen LogP contribution < -0.4 is 4.74 Å². The topological polar surface area (TPSA) is 42.4 Å². The van der Waals surface area contributed by atoms with E-state index in [2.05, 4.69) is 60.1 Å². The molecule has 0 spiro atoms. The summed E-state index contributed by atoms with van der Waals surface area (Å²) in [6, 6.07) is 10.8. The van der Waals surface area contributed by atoms with E-state index >= 15 is 0 Å². The Morgan fingerprint density at radius 2 is 2.07 bits per heavy atom. The molecule has 0 amide bonds. The third kappa shape index (κ3) is 3.37. The van der Waals surface area contributed by atoms with Crippen LogP contribution in [0.5, 0.6) is 5.75 Å². The predicted octanol–water partition coefficient (Wildman–Crippen LogP) is 5.39. The Labute approximate surface area is 168 Å². The largest absolute Gasteiger partial charge is 0.493 e. The molecule has 0 atom stereocenters. The number of ether oxygens (including phenoxy) is 1. The van der Waals surface area contributed by atoms with Crippen molar-refractivity contribution in [3.8, 4) is 16.9 Å². The molecule has 0 bridgehead atoms. The van der Waals surface area contributed by atoms with Crippen molar-refractivity contribution in [2.24, 2.45) is 0 Å². The number of nitrogens with zero attached hydrogens (tertiary/aromatic N) is 1. The lowest BCUT2D eigenvalue weighted by molar-refractivity contribution is 0.288. The number of aryl methyl sites for hydroxylation is 3. The van der Waals surface area contributed by atoms with Gasteiger partial charge in [0.1, 0.15) is 5.75 Å². The maximum Gasteiger partial charge on any atom is 0.122 e. The summed E-state index contributed by atoms with van der Waals surface area (Å²) in [5.41, 5.74) is 8.06. The van der Waals surface area contributed by atoms with Gasteiger partial charge in [-0.05, 0) is 84.7 Å². The van der Waals surface area contributed by atoms with Crippen molar-refractivity contribution in [2.45, 2.75) is 39.5 Å². The van der Waals surface area contributed by atoms with Gasteiger partial charge >= 0.3 is 0 Å². The van der Waals surface area contributed by atoms with Gasteiger partial charge in [0, 0.05) is 22.2 Å². The molecule has 0 radical (unpaired) electrons. The molecular weight excluding hydrogens is 402 g/mol. The zero-order valence-corrected chi connectivity index (χ0v) is 17.4. The molecule has 0 saturated carbocycles. The summed E-state index contributed by atoms with van der Waals surface area (Å²) in [7, 11) is 0. The van der Waals surface area contributed by atoms with Crippen LogP contribution in [0.25, 0.3) is 22.0 Å². The highest BCUT2D eigenvalue weighted by molar-refractivity contribution is 9.10. The Morgan fingerprint density at radius 3 is 2.85 bits per heavy atom. The number of hydrogen-bond donors (Lipinski definition) is 1. The average molecular weight is 426 g/mol. The van der Waals surface area contributed by atoms with Gasteiger partial charge < -0.3 is 9.84 Å². The van der Waals surface area contributed by atoms with Gasteiger partial charge in [-0.2, -0.15) is 0 Å². The highest BCUT2D eigenvalue weighted by Gasteiger charge is 2.19. The fraction of sp³-hybridized carbons (Fsp3) is 0.348. The van der Waals surface area contributed by atoms with Crippen LogP contribution in [0.3, 0.4) is 0 Å². The fourth-order valence-electron chi connectivity index (χ4n) is 4.09. The minimum Gasteiger partial charge on any atom is -0.493 e. The quantitative estimate of drug-likeness (QED) is 0.608. The van der Waals surface area contributed by atoms with E-state index in [0.29, 0.717) is 6.42 Å². The Morgan fingerprint density at radius 1 is 1.22 bits per heavy atom. The molecule has 27 heavy (non-hydrogen) atoms. The second-order valence-electron chi connectivity index (χ2n) is 7.11. The van der Waals surface area contributed by atoms with E-state index in [4.69, 9.17) is 9.72 Å². The molecule has 1 N–H and O–H groups in total. The molecule has 3 aromatic rings. The van der Waals surface area contributed by atoms with E-state index in [1.165, 1.54) is 22.3 Å². The van der Waals surface area contributed by atoms with Crippen molar-refractivity contribution in [1.82, 2.24) is 4.98 Å². The minimum atomic E-state index is 0.115. The molecular formula is C23H24BrNO2. The lowest BCUT2D eigenvalue weighted by Crippen LogP contribution is -2.08. The van der Waals surface area contributed by atoms with Crippen LogP contribution in [0.1, 0.15) is 35.7 Å². The molecule has 4 heteroatoms. The normalized spacial score (nSPS) is 13.5. The molecule has 0 saturated heterocycles. The Bertz CT molecular complexity index is 1010. The average Bonchev–Trinajstić information content (AvgIpc) is 2.68. The summed E-state index contributed by atoms with van der Waals surface area (Å²) < 4.78 is 6.86. The van der Waals surface area contributed by atoms with Crippen LogP contribution in [0.15, 0.2) is 34.8 Å². The fourth-order valence-corrected chi connectivity index (χ4v) is 4.60. The van der Waals surface area contributed by atoms with E-state index in [1.54, 1.807) is 0 Å². The second-order valence-corrected chi connectivity index (χ2v) is 8.03. The van der Waals surface area contributed by atoms with Crippen molar-refractivity contribution in [2.75, 3.05) is 13.2 Å². The van der Waals surface area contributed by atoms with Gasteiger partial charge in [-0.15, -0.1) is 0 Å². The Balaban J connectivity index is 2.05. The zero-order chi connectivity index (χ0) is 19.0. The van der Waals surface area contributed by atoms with Crippen LogP contribution in [-0.4, -0.2) is 23.3 Å².